The third-order valence-electron chi connectivity index (χ3n) is 11.2. The van der Waals surface area contributed by atoms with Crippen LogP contribution in [-0.2, 0) is 28.6 Å². The van der Waals surface area contributed by atoms with Crippen molar-refractivity contribution >= 4 is 17.9 Å². The number of unbranched alkanes of at least 4 members (excludes halogenated alkanes) is 19. The highest BCUT2D eigenvalue weighted by Crippen LogP contribution is 2.13. The minimum Gasteiger partial charge on any atom is -0.462 e. The van der Waals surface area contributed by atoms with Crippen LogP contribution in [0.3, 0.4) is 0 Å². The second-order valence-corrected chi connectivity index (χ2v) is 17.7. The van der Waals surface area contributed by atoms with Crippen LogP contribution >= 0.6 is 0 Å². The zero-order valence-electron chi connectivity index (χ0n) is 43.4. The minimum absolute atomic E-state index is 0.105. The molecule has 0 aromatic carbocycles. The molecule has 6 heteroatoms. The SMILES string of the molecule is CC/C=C\C/C=C\C/C=C\CCCCCC(=O)OCC(COC(=O)CCCCCCCCCC/C=C\C/C=C\C/C=C\CCCCCCC)OC(=O)CCCCC/C=C\C/C=C\C/C=C\CC. The van der Waals surface area contributed by atoms with Crippen molar-refractivity contribution in [3.8, 4) is 0 Å². The Kier molecular flexibility index (Phi) is 51.5. The first kappa shape index (κ1) is 63.1. The number of carbonyl (C=O) groups is 3. The van der Waals surface area contributed by atoms with Crippen LogP contribution in [0.15, 0.2) is 109 Å². The van der Waals surface area contributed by atoms with E-state index in [9.17, 15) is 14.4 Å². The summed E-state index contributed by atoms with van der Waals surface area (Å²) in [5, 5.41) is 0. The first-order chi connectivity index (χ1) is 33.0. The molecule has 0 rings (SSSR count). The van der Waals surface area contributed by atoms with Crippen LogP contribution in [0.25, 0.3) is 0 Å². The van der Waals surface area contributed by atoms with Crippen molar-refractivity contribution in [3.05, 3.63) is 109 Å². The summed E-state index contributed by atoms with van der Waals surface area (Å²) in [4.78, 5) is 38.0. The minimum atomic E-state index is -0.810. The molecule has 0 aromatic rings. The van der Waals surface area contributed by atoms with Gasteiger partial charge in [-0.25, -0.2) is 0 Å². The third-order valence-corrected chi connectivity index (χ3v) is 11.2. The maximum absolute atomic E-state index is 12.8. The maximum Gasteiger partial charge on any atom is 0.306 e. The highest BCUT2D eigenvalue weighted by Gasteiger charge is 2.19. The van der Waals surface area contributed by atoms with Crippen LogP contribution in [0.4, 0.5) is 0 Å². The van der Waals surface area contributed by atoms with Crippen molar-refractivity contribution in [1.29, 1.82) is 0 Å². The van der Waals surface area contributed by atoms with Gasteiger partial charge in [0.2, 0.25) is 0 Å². The molecular formula is C61H100O6. The fourth-order valence-corrected chi connectivity index (χ4v) is 7.18. The molecule has 0 bridgehead atoms. The summed E-state index contributed by atoms with van der Waals surface area (Å²) in [5.41, 5.74) is 0. The summed E-state index contributed by atoms with van der Waals surface area (Å²) in [6, 6.07) is 0. The molecule has 6 nitrogen and oxygen atoms in total. The first-order valence-corrected chi connectivity index (χ1v) is 27.4. The van der Waals surface area contributed by atoms with Gasteiger partial charge >= 0.3 is 17.9 Å². The van der Waals surface area contributed by atoms with E-state index in [2.05, 4.69) is 130 Å². The number of hydrogen-bond donors (Lipinski definition) is 0. The predicted molar refractivity (Wildman–Crippen MR) is 288 cm³/mol. The maximum atomic E-state index is 12.8. The lowest BCUT2D eigenvalue weighted by Crippen LogP contribution is -2.30. The lowest BCUT2D eigenvalue weighted by atomic mass is 10.1. The summed E-state index contributed by atoms with van der Waals surface area (Å²) in [6.45, 7) is 6.33. The van der Waals surface area contributed by atoms with Gasteiger partial charge < -0.3 is 14.2 Å². The van der Waals surface area contributed by atoms with E-state index in [0.717, 1.165) is 128 Å². The number of carbonyl (C=O) groups excluding carboxylic acids is 3. The molecule has 0 N–H and O–H groups in total. The fourth-order valence-electron chi connectivity index (χ4n) is 7.18. The van der Waals surface area contributed by atoms with Crippen LogP contribution in [0.1, 0.15) is 239 Å². The van der Waals surface area contributed by atoms with E-state index in [1.807, 2.05) is 0 Å². The van der Waals surface area contributed by atoms with Gasteiger partial charge in [-0.15, -0.1) is 0 Å². The standard InChI is InChI=1S/C61H100O6/c1-4-7-10-13-16-19-22-25-26-27-28-29-30-31-32-33-34-37-39-42-45-48-51-54-60(63)66-57-58(67-61(64)55-52-49-46-43-40-36-24-21-18-15-12-9-6-3)56-65-59(62)53-50-47-44-41-38-35-23-20-17-14-11-8-5-2/h8-9,11-12,17-18,20-22,25,27-28,30-31,35-36,38,40,58H,4-7,10,13-16,19,23-24,26,29,32-34,37,39,41-57H2,1-3H3/b11-8-,12-9-,20-17-,21-18-,25-22-,28-27-,31-30-,38-35-,40-36-. The molecule has 0 fully saturated rings. The van der Waals surface area contributed by atoms with Crippen molar-refractivity contribution in [2.45, 2.75) is 245 Å². The molecule has 0 aliphatic rings. The number of esters is 3. The van der Waals surface area contributed by atoms with E-state index >= 15 is 0 Å². The van der Waals surface area contributed by atoms with Crippen LogP contribution < -0.4 is 0 Å². The Bertz CT molecular complexity index is 1390. The van der Waals surface area contributed by atoms with Gasteiger partial charge in [-0.1, -0.05) is 207 Å². The van der Waals surface area contributed by atoms with Crippen molar-refractivity contribution in [1.82, 2.24) is 0 Å². The van der Waals surface area contributed by atoms with Gasteiger partial charge in [0.1, 0.15) is 13.2 Å². The van der Waals surface area contributed by atoms with Crippen molar-refractivity contribution < 1.29 is 28.6 Å². The number of rotatable bonds is 48. The van der Waals surface area contributed by atoms with E-state index in [1.165, 1.54) is 70.6 Å². The number of allylic oxidation sites excluding steroid dienone is 18. The summed E-state index contributed by atoms with van der Waals surface area (Å²) < 4.78 is 16.8. The van der Waals surface area contributed by atoms with Gasteiger partial charge in [0.05, 0.1) is 0 Å². The molecule has 0 spiro atoms. The second kappa shape index (κ2) is 54.7. The van der Waals surface area contributed by atoms with Gasteiger partial charge in [-0.05, 0) is 122 Å². The van der Waals surface area contributed by atoms with Gasteiger partial charge in [-0.2, -0.15) is 0 Å². The third kappa shape index (κ3) is 52.9. The van der Waals surface area contributed by atoms with Crippen LogP contribution in [0, 0.1) is 0 Å². The highest BCUT2D eigenvalue weighted by molar-refractivity contribution is 5.71. The van der Waals surface area contributed by atoms with Gasteiger partial charge in [0, 0.05) is 19.3 Å². The summed E-state index contributed by atoms with van der Waals surface area (Å²) >= 11 is 0. The van der Waals surface area contributed by atoms with Gasteiger partial charge in [0.15, 0.2) is 6.10 Å². The molecule has 0 aliphatic heterocycles. The van der Waals surface area contributed by atoms with E-state index in [4.69, 9.17) is 14.2 Å². The van der Waals surface area contributed by atoms with E-state index < -0.39 is 6.10 Å². The molecule has 0 saturated carbocycles. The Morgan fingerprint density at radius 3 is 0.925 bits per heavy atom. The Balaban J connectivity index is 4.39. The van der Waals surface area contributed by atoms with Crippen molar-refractivity contribution in [2.24, 2.45) is 0 Å². The molecule has 0 radical (unpaired) electrons. The van der Waals surface area contributed by atoms with Gasteiger partial charge in [0.25, 0.3) is 0 Å². The largest absolute Gasteiger partial charge is 0.462 e. The lowest BCUT2D eigenvalue weighted by molar-refractivity contribution is -0.167. The zero-order chi connectivity index (χ0) is 48.6. The van der Waals surface area contributed by atoms with Crippen LogP contribution in [0.2, 0.25) is 0 Å². The normalized spacial score (nSPS) is 12.9. The molecule has 0 heterocycles. The summed E-state index contributed by atoms with van der Waals surface area (Å²) in [7, 11) is 0. The fraction of sp³-hybridized carbons (Fsp3) is 0.656. The predicted octanol–water partition coefficient (Wildman–Crippen LogP) is 18.3. The van der Waals surface area contributed by atoms with E-state index in [1.54, 1.807) is 0 Å². The number of ether oxygens (including phenoxy) is 3. The van der Waals surface area contributed by atoms with Crippen molar-refractivity contribution in [2.75, 3.05) is 13.2 Å². The molecule has 380 valence electrons. The van der Waals surface area contributed by atoms with Crippen LogP contribution in [-0.4, -0.2) is 37.2 Å². The average Bonchev–Trinajstić information content (AvgIpc) is 3.33. The summed E-state index contributed by atoms with van der Waals surface area (Å²) in [6.07, 6.45) is 73.7. The van der Waals surface area contributed by atoms with Crippen LogP contribution in [0.5, 0.6) is 0 Å². The Labute approximate surface area is 412 Å². The molecular weight excluding hydrogens is 829 g/mol. The van der Waals surface area contributed by atoms with E-state index in [0.29, 0.717) is 12.8 Å². The lowest BCUT2D eigenvalue weighted by Gasteiger charge is -2.18. The molecule has 0 aromatic heterocycles. The Morgan fingerprint density at radius 2 is 0.582 bits per heavy atom. The summed E-state index contributed by atoms with van der Waals surface area (Å²) in [5.74, 6) is -0.976. The molecule has 1 unspecified atom stereocenters. The quantitative estimate of drug-likeness (QED) is 0.0262. The topological polar surface area (TPSA) is 78.9 Å². The highest BCUT2D eigenvalue weighted by atomic mass is 16.6. The molecule has 0 aliphatic carbocycles. The number of hydrogen-bond acceptors (Lipinski definition) is 6. The van der Waals surface area contributed by atoms with E-state index in [-0.39, 0.29) is 37.5 Å². The van der Waals surface area contributed by atoms with Crippen molar-refractivity contribution in [3.63, 3.8) is 0 Å². The molecule has 67 heavy (non-hydrogen) atoms. The molecule has 0 saturated heterocycles. The monoisotopic (exact) mass is 929 g/mol. The Morgan fingerprint density at radius 1 is 0.313 bits per heavy atom. The first-order valence-electron chi connectivity index (χ1n) is 27.4. The smallest absolute Gasteiger partial charge is 0.306 e. The van der Waals surface area contributed by atoms with Gasteiger partial charge in [-0.3, -0.25) is 14.4 Å². The molecule has 0 amide bonds. The average molecular weight is 929 g/mol. The zero-order valence-corrected chi connectivity index (χ0v) is 43.4. The Hall–Kier alpha value is -3.93. The molecule has 1 atom stereocenters. The second-order valence-electron chi connectivity index (χ2n) is 17.7.